The van der Waals surface area contributed by atoms with Crippen LogP contribution in [0.4, 0.5) is 17.6 Å². The van der Waals surface area contributed by atoms with Gasteiger partial charge in [-0.25, -0.2) is 4.39 Å². The van der Waals surface area contributed by atoms with Gasteiger partial charge in [0.05, 0.1) is 11.1 Å². The van der Waals surface area contributed by atoms with E-state index in [1.54, 1.807) is 0 Å². The van der Waals surface area contributed by atoms with Crippen LogP contribution < -0.4 is 5.32 Å². The summed E-state index contributed by atoms with van der Waals surface area (Å²) in [5, 5.41) is 2.57. The maximum absolute atomic E-state index is 13.8. The number of amides is 1. The summed E-state index contributed by atoms with van der Waals surface area (Å²) < 4.78 is 51.5. The lowest BCUT2D eigenvalue weighted by Gasteiger charge is -2.17. The second-order valence-corrected chi connectivity index (χ2v) is 5.87. The summed E-state index contributed by atoms with van der Waals surface area (Å²) in [7, 11) is 0. The highest BCUT2D eigenvalue weighted by Gasteiger charge is 2.36. The molecule has 0 spiro atoms. The van der Waals surface area contributed by atoms with E-state index in [1.807, 2.05) is 0 Å². The van der Waals surface area contributed by atoms with Gasteiger partial charge in [-0.2, -0.15) is 13.2 Å². The zero-order chi connectivity index (χ0) is 14.9. The lowest BCUT2D eigenvalue weighted by Crippen LogP contribution is -2.38. The average Bonchev–Trinajstić information content (AvgIpc) is 2.73. The summed E-state index contributed by atoms with van der Waals surface area (Å²) in [6.07, 6.45) is -2.31. The van der Waals surface area contributed by atoms with Crippen LogP contribution in [-0.2, 0) is 6.18 Å². The van der Waals surface area contributed by atoms with Gasteiger partial charge in [0.15, 0.2) is 0 Å². The molecule has 1 N–H and O–H groups in total. The molecule has 0 radical (unpaired) electrons. The minimum absolute atomic E-state index is 0.0697. The molecular weight excluding hydrogens is 342 g/mol. The van der Waals surface area contributed by atoms with E-state index in [0.717, 1.165) is 31.4 Å². The van der Waals surface area contributed by atoms with Crippen molar-refractivity contribution in [2.45, 2.75) is 36.3 Å². The molecule has 1 aromatic rings. The predicted octanol–water partition coefficient (Wildman–Crippen LogP) is 3.89. The lowest BCUT2D eigenvalue weighted by atomic mass is 10.1. The molecule has 20 heavy (non-hydrogen) atoms. The van der Waals surface area contributed by atoms with Gasteiger partial charge < -0.3 is 5.32 Å². The van der Waals surface area contributed by atoms with Crippen molar-refractivity contribution in [3.63, 3.8) is 0 Å². The number of hydrogen-bond donors (Lipinski definition) is 1. The van der Waals surface area contributed by atoms with Crippen molar-refractivity contribution >= 4 is 21.8 Å². The maximum Gasteiger partial charge on any atom is 0.419 e. The number of benzene rings is 1. The minimum atomic E-state index is -4.81. The molecule has 0 saturated heterocycles. The van der Waals surface area contributed by atoms with Crippen LogP contribution in [0.3, 0.4) is 0 Å². The summed E-state index contributed by atoms with van der Waals surface area (Å²) >= 11 is 3.38. The quantitative estimate of drug-likeness (QED) is 0.634. The number of alkyl halides is 4. The maximum atomic E-state index is 13.8. The smallest absolute Gasteiger partial charge is 0.348 e. The predicted molar refractivity (Wildman–Crippen MR) is 69.2 cm³/mol. The van der Waals surface area contributed by atoms with Crippen LogP contribution in [0.25, 0.3) is 0 Å². The van der Waals surface area contributed by atoms with Crippen molar-refractivity contribution < 1.29 is 22.4 Å². The van der Waals surface area contributed by atoms with Gasteiger partial charge in [-0.15, -0.1) is 0 Å². The van der Waals surface area contributed by atoms with E-state index in [9.17, 15) is 22.4 Å². The van der Waals surface area contributed by atoms with E-state index in [4.69, 9.17) is 0 Å². The molecule has 0 bridgehead atoms. The van der Waals surface area contributed by atoms with Crippen molar-refractivity contribution in [1.29, 1.82) is 0 Å². The molecule has 7 heteroatoms. The van der Waals surface area contributed by atoms with Gasteiger partial charge >= 0.3 is 6.18 Å². The number of hydrogen-bond acceptors (Lipinski definition) is 1. The number of rotatable bonds is 2. The number of halogens is 5. The van der Waals surface area contributed by atoms with Crippen LogP contribution in [0.5, 0.6) is 0 Å². The second-order valence-electron chi connectivity index (χ2n) is 4.69. The first kappa shape index (κ1) is 15.3. The number of carbonyl (C=O) groups is 1. The average molecular weight is 354 g/mol. The topological polar surface area (TPSA) is 29.1 Å². The standard InChI is InChI=1S/C13H12BrF4NO/c14-9-5-2-6-10(9)19-12(20)7-3-1-4-8(11(7)15)13(16,17)18/h1,3-4,9-10H,2,5-6H2,(H,19,20). The molecule has 2 nitrogen and oxygen atoms in total. The SMILES string of the molecule is O=C(NC1CCCC1Br)c1cccc(C(F)(F)F)c1F. The van der Waals surface area contributed by atoms with E-state index >= 15 is 0 Å². The highest BCUT2D eigenvalue weighted by atomic mass is 79.9. The molecule has 110 valence electrons. The molecular formula is C13H12BrF4NO. The molecule has 0 aromatic heterocycles. The summed E-state index contributed by atoms with van der Waals surface area (Å²) in [4.78, 5) is 12.0. The Bertz CT molecular complexity index is 518. The molecule has 1 fully saturated rings. The fraction of sp³-hybridized carbons (Fsp3) is 0.462. The molecule has 1 amide bonds. The molecule has 1 aliphatic carbocycles. The fourth-order valence-electron chi connectivity index (χ4n) is 2.25. The molecule has 2 atom stereocenters. The van der Waals surface area contributed by atoms with Crippen molar-refractivity contribution in [3.8, 4) is 0 Å². The first-order valence-electron chi connectivity index (χ1n) is 6.11. The first-order chi connectivity index (χ1) is 9.30. The number of carbonyl (C=O) groups excluding carboxylic acids is 1. The van der Waals surface area contributed by atoms with Gasteiger partial charge in [-0.1, -0.05) is 28.4 Å². The fourth-order valence-corrected chi connectivity index (χ4v) is 2.97. The Morgan fingerprint density at radius 3 is 2.55 bits per heavy atom. The Morgan fingerprint density at radius 1 is 1.30 bits per heavy atom. The van der Waals surface area contributed by atoms with Crippen LogP contribution in [0, 0.1) is 5.82 Å². The molecule has 0 heterocycles. The van der Waals surface area contributed by atoms with Crippen LogP contribution >= 0.6 is 15.9 Å². The zero-order valence-corrected chi connectivity index (χ0v) is 11.9. The van der Waals surface area contributed by atoms with E-state index in [1.165, 1.54) is 0 Å². The largest absolute Gasteiger partial charge is 0.419 e. The Labute approximate surface area is 121 Å². The van der Waals surface area contributed by atoms with E-state index in [2.05, 4.69) is 21.2 Å². The van der Waals surface area contributed by atoms with Crippen molar-refractivity contribution in [2.24, 2.45) is 0 Å². The molecule has 1 aliphatic rings. The normalized spacial score (nSPS) is 22.9. The third kappa shape index (κ3) is 3.13. The van der Waals surface area contributed by atoms with Gasteiger partial charge in [0.25, 0.3) is 5.91 Å². The summed E-state index contributed by atoms with van der Waals surface area (Å²) in [5.41, 5.74) is -2.00. The number of nitrogens with one attached hydrogen (secondary N) is 1. The Balaban J connectivity index is 2.22. The van der Waals surface area contributed by atoms with E-state index < -0.39 is 29.0 Å². The van der Waals surface area contributed by atoms with E-state index in [-0.39, 0.29) is 10.9 Å². The molecule has 1 aromatic carbocycles. The summed E-state index contributed by atoms with van der Waals surface area (Å²) in [6.45, 7) is 0. The van der Waals surface area contributed by atoms with Crippen LogP contribution in [0.2, 0.25) is 0 Å². The Kier molecular flexibility index (Phi) is 4.36. The third-order valence-corrected chi connectivity index (χ3v) is 4.39. The van der Waals surface area contributed by atoms with Crippen LogP contribution in [0.1, 0.15) is 35.2 Å². The molecule has 2 rings (SSSR count). The minimum Gasteiger partial charge on any atom is -0.348 e. The lowest BCUT2D eigenvalue weighted by molar-refractivity contribution is -0.140. The van der Waals surface area contributed by atoms with Gasteiger partial charge in [-0.3, -0.25) is 4.79 Å². The van der Waals surface area contributed by atoms with Gasteiger partial charge in [0, 0.05) is 10.9 Å². The van der Waals surface area contributed by atoms with Crippen LogP contribution in [0.15, 0.2) is 18.2 Å². The molecule has 1 saturated carbocycles. The van der Waals surface area contributed by atoms with Gasteiger partial charge in [0.1, 0.15) is 5.82 Å². The van der Waals surface area contributed by atoms with Crippen molar-refractivity contribution in [2.75, 3.05) is 0 Å². The molecule has 2 unspecified atom stereocenters. The summed E-state index contributed by atoms with van der Waals surface area (Å²) in [5.74, 6) is -2.34. The monoisotopic (exact) mass is 353 g/mol. The Hall–Kier alpha value is -1.11. The third-order valence-electron chi connectivity index (χ3n) is 3.30. The first-order valence-corrected chi connectivity index (χ1v) is 7.03. The Morgan fingerprint density at radius 2 is 2.00 bits per heavy atom. The zero-order valence-electron chi connectivity index (χ0n) is 10.3. The van der Waals surface area contributed by atoms with E-state index in [0.29, 0.717) is 6.07 Å². The van der Waals surface area contributed by atoms with Crippen molar-refractivity contribution in [1.82, 2.24) is 5.32 Å². The van der Waals surface area contributed by atoms with Gasteiger partial charge in [0.2, 0.25) is 0 Å². The van der Waals surface area contributed by atoms with Crippen molar-refractivity contribution in [3.05, 3.63) is 35.1 Å². The summed E-state index contributed by atoms with van der Waals surface area (Å²) in [6, 6.07) is 2.52. The highest BCUT2D eigenvalue weighted by Crippen LogP contribution is 2.32. The molecule has 0 aliphatic heterocycles. The second kappa shape index (κ2) is 5.71. The highest BCUT2D eigenvalue weighted by molar-refractivity contribution is 9.09. The van der Waals surface area contributed by atoms with Crippen LogP contribution in [-0.4, -0.2) is 16.8 Å². The van der Waals surface area contributed by atoms with Gasteiger partial charge in [-0.05, 0) is 25.0 Å².